The van der Waals surface area contributed by atoms with Crippen molar-refractivity contribution in [2.45, 2.75) is 18.5 Å². The Hall–Kier alpha value is -3.91. The summed E-state index contributed by atoms with van der Waals surface area (Å²) in [6, 6.07) is 25.3. The van der Waals surface area contributed by atoms with E-state index in [0.29, 0.717) is 35.3 Å². The first-order valence-electron chi connectivity index (χ1n) is 11.2. The Morgan fingerprint density at radius 1 is 0.914 bits per heavy atom. The van der Waals surface area contributed by atoms with Crippen LogP contribution in [0, 0.1) is 0 Å². The van der Waals surface area contributed by atoms with Crippen LogP contribution in [0.4, 0.5) is 0 Å². The summed E-state index contributed by atoms with van der Waals surface area (Å²) in [6.45, 7) is 1.91. The molecule has 0 fully saturated rings. The lowest BCUT2D eigenvalue weighted by Gasteiger charge is -2.14. The van der Waals surface area contributed by atoms with Crippen LogP contribution < -0.4 is 10.1 Å². The molecule has 1 N–H and O–H groups in total. The van der Waals surface area contributed by atoms with Gasteiger partial charge in [-0.05, 0) is 23.3 Å². The van der Waals surface area contributed by atoms with Gasteiger partial charge < -0.3 is 10.1 Å². The van der Waals surface area contributed by atoms with E-state index in [0.717, 1.165) is 16.8 Å². The molecular weight excluding hydrogens is 460 g/mol. The fourth-order valence-corrected chi connectivity index (χ4v) is 4.51. The maximum atomic E-state index is 12.9. The number of rotatable bonds is 10. The molecule has 1 heterocycles. The summed E-state index contributed by atoms with van der Waals surface area (Å²) in [5.74, 6) is 1.45. The number of benzene rings is 3. The minimum Gasteiger partial charge on any atom is -0.495 e. The summed E-state index contributed by atoms with van der Waals surface area (Å²) >= 11 is 1.32. The number of methoxy groups -OCH3 is 1. The van der Waals surface area contributed by atoms with Gasteiger partial charge in [-0.3, -0.25) is 14.2 Å². The summed E-state index contributed by atoms with van der Waals surface area (Å²) in [5, 5.41) is 12.0. The van der Waals surface area contributed by atoms with E-state index in [1.165, 1.54) is 18.7 Å². The summed E-state index contributed by atoms with van der Waals surface area (Å²) < 4.78 is 7.43. The van der Waals surface area contributed by atoms with Crippen molar-refractivity contribution in [1.29, 1.82) is 0 Å². The third kappa shape index (κ3) is 5.96. The number of amides is 1. The van der Waals surface area contributed by atoms with Gasteiger partial charge in [0.1, 0.15) is 11.6 Å². The molecule has 4 rings (SSSR count). The highest BCUT2D eigenvalue weighted by Gasteiger charge is 2.19. The van der Waals surface area contributed by atoms with Crippen molar-refractivity contribution >= 4 is 23.5 Å². The molecule has 0 aliphatic heterocycles. The lowest BCUT2D eigenvalue weighted by Crippen LogP contribution is -2.23. The molecular formula is C27H26N4O3S. The van der Waals surface area contributed by atoms with E-state index in [2.05, 4.69) is 15.5 Å². The molecule has 8 heteroatoms. The number of ketones is 1. The zero-order valence-corrected chi connectivity index (χ0v) is 20.4. The van der Waals surface area contributed by atoms with Gasteiger partial charge in [0.05, 0.1) is 18.6 Å². The number of carbonyl (C=O) groups is 2. The highest BCUT2D eigenvalue weighted by atomic mass is 32.2. The molecule has 0 unspecified atom stereocenters. The molecule has 178 valence electrons. The molecule has 0 aliphatic rings. The number of para-hydroxylation sites is 2. The average molecular weight is 487 g/mol. The van der Waals surface area contributed by atoms with E-state index in [1.54, 1.807) is 7.11 Å². The average Bonchev–Trinajstić information content (AvgIpc) is 3.30. The fraction of sp³-hybridized carbons (Fsp3) is 0.185. The van der Waals surface area contributed by atoms with E-state index in [1.807, 2.05) is 83.4 Å². The molecule has 0 saturated heterocycles. The molecule has 0 saturated carbocycles. The predicted molar refractivity (Wildman–Crippen MR) is 137 cm³/mol. The normalized spacial score (nSPS) is 10.7. The SMILES string of the molecule is COc1ccccc1-n1c(CCNC(C)=O)nnc1SCC(=O)c1ccc(-c2ccccc2)cc1. The van der Waals surface area contributed by atoms with Crippen molar-refractivity contribution in [3.63, 3.8) is 0 Å². The standard InChI is InChI=1S/C27H26N4O3S/c1-19(32)28-17-16-26-29-30-27(31(26)23-10-6-7-11-25(23)34-2)35-18-24(33)22-14-12-21(13-15-22)20-8-4-3-5-9-20/h3-15H,16-18H2,1-2H3,(H,28,32). The topological polar surface area (TPSA) is 86.1 Å². The number of thioether (sulfide) groups is 1. The fourth-order valence-electron chi connectivity index (χ4n) is 3.66. The van der Waals surface area contributed by atoms with Crippen molar-refractivity contribution in [2.75, 3.05) is 19.4 Å². The third-order valence-electron chi connectivity index (χ3n) is 5.40. The van der Waals surface area contributed by atoms with Crippen molar-refractivity contribution < 1.29 is 14.3 Å². The molecule has 0 atom stereocenters. The van der Waals surface area contributed by atoms with Gasteiger partial charge in [0, 0.05) is 25.5 Å². The Balaban J connectivity index is 1.53. The molecule has 0 radical (unpaired) electrons. The van der Waals surface area contributed by atoms with Gasteiger partial charge in [-0.1, -0.05) is 78.5 Å². The summed E-state index contributed by atoms with van der Waals surface area (Å²) in [7, 11) is 1.61. The van der Waals surface area contributed by atoms with Crippen LogP contribution in [0.3, 0.4) is 0 Å². The zero-order valence-electron chi connectivity index (χ0n) is 19.6. The predicted octanol–water partition coefficient (Wildman–Crippen LogP) is 4.60. The van der Waals surface area contributed by atoms with Crippen LogP contribution in [-0.2, 0) is 11.2 Å². The molecule has 3 aromatic carbocycles. The maximum absolute atomic E-state index is 12.9. The number of hydrogen-bond acceptors (Lipinski definition) is 6. The van der Waals surface area contributed by atoms with Gasteiger partial charge in [0.15, 0.2) is 10.9 Å². The molecule has 7 nitrogen and oxygen atoms in total. The van der Waals surface area contributed by atoms with Gasteiger partial charge in [-0.15, -0.1) is 10.2 Å². The highest BCUT2D eigenvalue weighted by Crippen LogP contribution is 2.29. The first kappa shape index (κ1) is 24.2. The highest BCUT2D eigenvalue weighted by molar-refractivity contribution is 7.99. The lowest BCUT2D eigenvalue weighted by molar-refractivity contribution is -0.118. The van der Waals surface area contributed by atoms with Crippen LogP contribution in [0.25, 0.3) is 16.8 Å². The second kappa shape index (κ2) is 11.5. The second-order valence-corrected chi connectivity index (χ2v) is 8.74. The van der Waals surface area contributed by atoms with Gasteiger partial charge in [-0.2, -0.15) is 0 Å². The first-order valence-corrected chi connectivity index (χ1v) is 12.2. The van der Waals surface area contributed by atoms with Crippen LogP contribution in [0.5, 0.6) is 5.75 Å². The molecule has 35 heavy (non-hydrogen) atoms. The van der Waals surface area contributed by atoms with Gasteiger partial charge in [0.25, 0.3) is 0 Å². The number of Topliss-reactive ketones (excluding diaryl/α,β-unsaturated/α-hetero) is 1. The van der Waals surface area contributed by atoms with Crippen molar-refractivity contribution in [3.05, 3.63) is 90.3 Å². The first-order chi connectivity index (χ1) is 17.1. The number of aromatic nitrogens is 3. The van der Waals surface area contributed by atoms with Crippen molar-refractivity contribution in [3.8, 4) is 22.6 Å². The number of nitrogens with one attached hydrogen (secondary N) is 1. The Morgan fingerprint density at radius 3 is 2.31 bits per heavy atom. The minimum absolute atomic E-state index is 0.00369. The molecule has 0 bridgehead atoms. The molecule has 4 aromatic rings. The van der Waals surface area contributed by atoms with E-state index in [4.69, 9.17) is 4.74 Å². The second-order valence-electron chi connectivity index (χ2n) is 7.79. The van der Waals surface area contributed by atoms with Crippen molar-refractivity contribution in [1.82, 2.24) is 20.1 Å². The Morgan fingerprint density at radius 2 is 1.60 bits per heavy atom. The Bertz CT molecular complexity index is 1300. The molecule has 1 aromatic heterocycles. The Labute approximate surface area is 208 Å². The van der Waals surface area contributed by atoms with Crippen LogP contribution in [0.1, 0.15) is 23.1 Å². The van der Waals surface area contributed by atoms with Crippen molar-refractivity contribution in [2.24, 2.45) is 0 Å². The van der Waals surface area contributed by atoms with E-state index >= 15 is 0 Å². The van der Waals surface area contributed by atoms with Crippen LogP contribution in [-0.4, -0.2) is 45.9 Å². The van der Waals surface area contributed by atoms with Crippen LogP contribution in [0.15, 0.2) is 84.0 Å². The van der Waals surface area contributed by atoms with E-state index in [-0.39, 0.29) is 17.4 Å². The monoisotopic (exact) mass is 486 g/mol. The largest absolute Gasteiger partial charge is 0.495 e. The maximum Gasteiger partial charge on any atom is 0.216 e. The smallest absolute Gasteiger partial charge is 0.216 e. The number of hydrogen-bond donors (Lipinski definition) is 1. The Kier molecular flexibility index (Phi) is 7.95. The minimum atomic E-state index is -0.105. The number of carbonyl (C=O) groups excluding carboxylic acids is 2. The summed E-state index contributed by atoms with van der Waals surface area (Å²) in [4.78, 5) is 24.2. The van der Waals surface area contributed by atoms with E-state index in [9.17, 15) is 9.59 Å². The number of nitrogens with zero attached hydrogens (tertiary/aromatic N) is 3. The lowest BCUT2D eigenvalue weighted by atomic mass is 10.0. The van der Waals surface area contributed by atoms with Gasteiger partial charge >= 0.3 is 0 Å². The summed E-state index contributed by atoms with van der Waals surface area (Å²) in [5.41, 5.74) is 3.60. The van der Waals surface area contributed by atoms with Gasteiger partial charge in [0.2, 0.25) is 5.91 Å². The zero-order chi connectivity index (χ0) is 24.6. The summed E-state index contributed by atoms with van der Waals surface area (Å²) in [6.07, 6.45) is 0.486. The quantitative estimate of drug-likeness (QED) is 0.261. The third-order valence-corrected chi connectivity index (χ3v) is 6.32. The molecule has 0 aliphatic carbocycles. The van der Waals surface area contributed by atoms with E-state index < -0.39 is 0 Å². The molecule has 0 spiro atoms. The van der Waals surface area contributed by atoms with Crippen LogP contribution >= 0.6 is 11.8 Å². The van der Waals surface area contributed by atoms with Crippen LogP contribution in [0.2, 0.25) is 0 Å². The van der Waals surface area contributed by atoms with Gasteiger partial charge in [-0.25, -0.2) is 0 Å². The molecule has 1 amide bonds. The number of ether oxygens (including phenoxy) is 1.